The molecule has 0 saturated carbocycles. The van der Waals surface area contributed by atoms with Gasteiger partial charge in [0.05, 0.1) is 18.2 Å². The van der Waals surface area contributed by atoms with Gasteiger partial charge in [-0.1, -0.05) is 60.6 Å². The fraction of sp³-hybridized carbons (Fsp3) is 0.207. The van der Waals surface area contributed by atoms with Gasteiger partial charge in [-0.25, -0.2) is 9.18 Å². The Hall–Kier alpha value is -4.26. The first kappa shape index (κ1) is 23.5. The summed E-state index contributed by atoms with van der Waals surface area (Å²) in [6.07, 6.45) is 0.925. The molecule has 1 aliphatic heterocycles. The van der Waals surface area contributed by atoms with E-state index in [1.54, 1.807) is 17.0 Å². The third-order valence-corrected chi connectivity index (χ3v) is 6.67. The van der Waals surface area contributed by atoms with Crippen molar-refractivity contribution in [3.63, 3.8) is 0 Å². The lowest BCUT2D eigenvalue weighted by molar-refractivity contribution is 0.203. The zero-order valence-electron chi connectivity index (χ0n) is 20.5. The van der Waals surface area contributed by atoms with Crippen LogP contribution in [0.1, 0.15) is 48.0 Å². The normalized spacial score (nSPS) is 15.8. The quantitative estimate of drug-likeness (QED) is 0.343. The molecule has 7 heteroatoms. The number of hydrogen-bond acceptors (Lipinski definition) is 4. The average Bonchev–Trinajstić information content (AvgIpc) is 3.37. The Bertz CT molecular complexity index is 1420. The molecule has 4 aromatic rings. The number of carbonyl (C=O) groups excluding carboxylic acids is 1. The van der Waals surface area contributed by atoms with E-state index in [1.165, 1.54) is 17.7 Å². The first-order chi connectivity index (χ1) is 17.4. The number of aryl methyl sites for hydroxylation is 2. The summed E-state index contributed by atoms with van der Waals surface area (Å²) in [4.78, 5) is 19.7. The van der Waals surface area contributed by atoms with E-state index in [1.807, 2.05) is 50.2 Å². The predicted molar refractivity (Wildman–Crippen MR) is 136 cm³/mol. The van der Waals surface area contributed by atoms with Crippen LogP contribution >= 0.6 is 0 Å². The Kier molecular flexibility index (Phi) is 6.38. The lowest BCUT2D eigenvalue weighted by Gasteiger charge is -2.35. The van der Waals surface area contributed by atoms with Gasteiger partial charge >= 0.3 is 6.03 Å². The van der Waals surface area contributed by atoms with Gasteiger partial charge in [0.15, 0.2) is 0 Å². The molecule has 3 aromatic carbocycles. The number of halogens is 1. The highest BCUT2D eigenvalue weighted by Crippen LogP contribution is 2.38. The van der Waals surface area contributed by atoms with E-state index >= 15 is 0 Å². The predicted octanol–water partition coefficient (Wildman–Crippen LogP) is 6.44. The molecule has 0 saturated heterocycles. The molecule has 0 aliphatic carbocycles. The Balaban J connectivity index is 1.59. The number of urea groups is 1. The highest BCUT2D eigenvalue weighted by Gasteiger charge is 2.36. The van der Waals surface area contributed by atoms with Crippen molar-refractivity contribution in [2.75, 3.05) is 0 Å². The molecular weight excluding hydrogens is 455 g/mol. The molecule has 36 heavy (non-hydrogen) atoms. The van der Waals surface area contributed by atoms with Crippen LogP contribution in [-0.2, 0) is 13.0 Å². The second kappa shape index (κ2) is 9.77. The molecule has 0 spiro atoms. The van der Waals surface area contributed by atoms with E-state index in [2.05, 4.69) is 34.5 Å². The molecule has 0 radical (unpaired) electrons. The first-order valence-corrected chi connectivity index (χ1v) is 12.0. The Labute approximate surface area is 209 Å². The Morgan fingerprint density at radius 3 is 2.42 bits per heavy atom. The maximum absolute atomic E-state index is 13.4. The molecule has 1 aromatic heterocycles. The summed E-state index contributed by atoms with van der Waals surface area (Å²) in [6.45, 7) is 6.45. The van der Waals surface area contributed by atoms with E-state index < -0.39 is 6.04 Å². The molecule has 6 nitrogen and oxygen atoms in total. The number of carbonyl (C=O) groups is 1. The summed E-state index contributed by atoms with van der Waals surface area (Å²) in [5.74, 6) is 0.331. The lowest BCUT2D eigenvalue weighted by atomic mass is 9.93. The number of rotatable bonds is 6. The minimum absolute atomic E-state index is 0.192. The standard InChI is InChI=1S/C29H27FN4O2/c1-4-20-9-11-21(12-10-20)26-25(28-32-27(33-36-28)22-13-15-24(30)16-14-22)19(3)34(29(35)31-26)17-23-8-6-5-7-18(23)2/h5-16,26H,4,17H2,1-3H3,(H,31,35). The van der Waals surface area contributed by atoms with Crippen LogP contribution < -0.4 is 5.32 Å². The Morgan fingerprint density at radius 2 is 1.72 bits per heavy atom. The van der Waals surface area contributed by atoms with Gasteiger partial charge in [0.25, 0.3) is 5.89 Å². The fourth-order valence-corrected chi connectivity index (χ4v) is 4.45. The van der Waals surface area contributed by atoms with Crippen molar-refractivity contribution in [3.8, 4) is 11.4 Å². The summed E-state index contributed by atoms with van der Waals surface area (Å²) in [5, 5.41) is 7.30. The summed E-state index contributed by atoms with van der Waals surface area (Å²) < 4.78 is 19.1. The topological polar surface area (TPSA) is 71.3 Å². The van der Waals surface area contributed by atoms with Gasteiger partial charge in [-0.3, -0.25) is 4.90 Å². The van der Waals surface area contributed by atoms with Crippen LogP contribution in [0.25, 0.3) is 17.0 Å². The van der Waals surface area contributed by atoms with Gasteiger partial charge in [-0.05, 0) is 66.8 Å². The molecular formula is C29H27FN4O2. The molecule has 1 unspecified atom stereocenters. The number of amides is 2. The number of hydrogen-bond donors (Lipinski definition) is 1. The third kappa shape index (κ3) is 4.52. The van der Waals surface area contributed by atoms with Crippen molar-refractivity contribution in [3.05, 3.63) is 112 Å². The van der Waals surface area contributed by atoms with E-state index in [4.69, 9.17) is 4.52 Å². The van der Waals surface area contributed by atoms with Gasteiger partial charge < -0.3 is 9.84 Å². The minimum Gasteiger partial charge on any atom is -0.334 e. The van der Waals surface area contributed by atoms with E-state index in [-0.39, 0.29) is 11.8 Å². The zero-order chi connectivity index (χ0) is 25.2. The first-order valence-electron chi connectivity index (χ1n) is 12.0. The molecule has 1 N–H and O–H groups in total. The van der Waals surface area contributed by atoms with Crippen LogP contribution in [0.5, 0.6) is 0 Å². The zero-order valence-corrected chi connectivity index (χ0v) is 20.5. The number of allylic oxidation sites excluding steroid dienone is 1. The van der Waals surface area contributed by atoms with Crippen LogP contribution in [0.15, 0.2) is 83.0 Å². The molecule has 182 valence electrons. The fourth-order valence-electron chi connectivity index (χ4n) is 4.45. The van der Waals surface area contributed by atoms with Crippen LogP contribution in [-0.4, -0.2) is 21.1 Å². The molecule has 0 bridgehead atoms. The molecule has 1 aliphatic rings. The van der Waals surface area contributed by atoms with Gasteiger partial charge in [0.1, 0.15) is 5.82 Å². The van der Waals surface area contributed by atoms with Crippen LogP contribution in [0.3, 0.4) is 0 Å². The number of aromatic nitrogens is 2. The molecule has 5 rings (SSSR count). The maximum atomic E-state index is 13.4. The lowest BCUT2D eigenvalue weighted by Crippen LogP contribution is -2.45. The van der Waals surface area contributed by atoms with Crippen molar-refractivity contribution < 1.29 is 13.7 Å². The highest BCUT2D eigenvalue weighted by atomic mass is 19.1. The summed E-state index contributed by atoms with van der Waals surface area (Å²) in [7, 11) is 0. The molecule has 0 fully saturated rings. The third-order valence-electron chi connectivity index (χ3n) is 6.67. The van der Waals surface area contributed by atoms with Gasteiger partial charge in [0.2, 0.25) is 5.82 Å². The average molecular weight is 483 g/mol. The van der Waals surface area contributed by atoms with Crippen molar-refractivity contribution in [2.24, 2.45) is 0 Å². The van der Waals surface area contributed by atoms with Crippen molar-refractivity contribution >= 4 is 11.6 Å². The van der Waals surface area contributed by atoms with E-state index in [0.29, 0.717) is 23.8 Å². The largest absolute Gasteiger partial charge is 0.334 e. The smallest absolute Gasteiger partial charge is 0.322 e. The van der Waals surface area contributed by atoms with Crippen LogP contribution in [0, 0.1) is 12.7 Å². The van der Waals surface area contributed by atoms with Gasteiger partial charge in [-0.15, -0.1) is 0 Å². The van der Waals surface area contributed by atoms with Crippen molar-refractivity contribution in [2.45, 2.75) is 39.8 Å². The van der Waals surface area contributed by atoms with Crippen LogP contribution in [0.2, 0.25) is 0 Å². The summed E-state index contributed by atoms with van der Waals surface area (Å²) in [5.41, 5.74) is 6.40. The maximum Gasteiger partial charge on any atom is 0.322 e. The van der Waals surface area contributed by atoms with E-state index in [0.717, 1.165) is 34.4 Å². The monoisotopic (exact) mass is 482 g/mol. The summed E-state index contributed by atoms with van der Waals surface area (Å²) in [6, 6.07) is 21.4. The number of nitrogens with zero attached hydrogens (tertiary/aromatic N) is 3. The van der Waals surface area contributed by atoms with Crippen molar-refractivity contribution in [1.82, 2.24) is 20.4 Å². The molecule has 2 heterocycles. The number of nitrogens with one attached hydrogen (secondary N) is 1. The van der Waals surface area contributed by atoms with E-state index in [9.17, 15) is 9.18 Å². The van der Waals surface area contributed by atoms with Gasteiger partial charge in [0, 0.05) is 11.3 Å². The molecule has 1 atom stereocenters. The Morgan fingerprint density at radius 1 is 1.00 bits per heavy atom. The molecule has 2 amide bonds. The summed E-state index contributed by atoms with van der Waals surface area (Å²) >= 11 is 0. The van der Waals surface area contributed by atoms with Crippen molar-refractivity contribution in [1.29, 1.82) is 0 Å². The highest BCUT2D eigenvalue weighted by molar-refractivity contribution is 5.87. The van der Waals surface area contributed by atoms with Gasteiger partial charge in [-0.2, -0.15) is 4.98 Å². The minimum atomic E-state index is -0.460. The van der Waals surface area contributed by atoms with Crippen LogP contribution in [0.4, 0.5) is 9.18 Å². The second-order valence-electron chi connectivity index (χ2n) is 8.92. The SMILES string of the molecule is CCc1ccc(C2NC(=O)N(Cc3ccccc3C)C(C)=C2c2nc(-c3ccc(F)cc3)no2)cc1. The second-order valence-corrected chi connectivity index (χ2v) is 8.92. The number of benzene rings is 3.